The summed E-state index contributed by atoms with van der Waals surface area (Å²) in [7, 11) is -1.69. The second-order valence-electron chi connectivity index (χ2n) is 6.32. The van der Waals surface area contributed by atoms with Crippen LogP contribution in [0, 0.1) is 0 Å². The van der Waals surface area contributed by atoms with Gasteiger partial charge in [0.15, 0.2) is 0 Å². The van der Waals surface area contributed by atoms with Crippen LogP contribution < -0.4 is 4.72 Å². The van der Waals surface area contributed by atoms with Gasteiger partial charge in [0.25, 0.3) is 10.2 Å². The molecule has 1 aromatic heterocycles. The van der Waals surface area contributed by atoms with Crippen molar-refractivity contribution in [3.05, 3.63) is 36.0 Å². The lowest BCUT2D eigenvalue weighted by Gasteiger charge is -2.30. The van der Waals surface area contributed by atoms with Crippen LogP contribution in [0.25, 0.3) is 10.9 Å². The molecule has 0 unspecified atom stereocenters. The smallest absolute Gasteiger partial charge is 0.279 e. The largest absolute Gasteiger partial charge is 0.361 e. The number of para-hydroxylation sites is 1. The first kappa shape index (κ1) is 16.5. The van der Waals surface area contributed by atoms with Crippen molar-refractivity contribution in [2.75, 3.05) is 13.6 Å². The number of aromatic nitrogens is 1. The van der Waals surface area contributed by atoms with Crippen molar-refractivity contribution in [2.24, 2.45) is 0 Å². The summed E-state index contributed by atoms with van der Waals surface area (Å²) in [4.78, 5) is 3.22. The molecule has 1 saturated carbocycles. The molecule has 1 aliphatic rings. The average molecular weight is 335 g/mol. The zero-order chi connectivity index (χ0) is 16.3. The Balaban J connectivity index is 1.58. The summed E-state index contributed by atoms with van der Waals surface area (Å²) in [6, 6.07) is 8.23. The molecule has 1 fully saturated rings. The Kier molecular flexibility index (Phi) is 5.04. The number of nitrogens with one attached hydrogen (secondary N) is 2. The van der Waals surface area contributed by atoms with Crippen molar-refractivity contribution in [3.8, 4) is 0 Å². The van der Waals surface area contributed by atoms with Crippen LogP contribution in [-0.2, 0) is 16.6 Å². The van der Waals surface area contributed by atoms with Crippen molar-refractivity contribution < 1.29 is 8.42 Å². The SMILES string of the molecule is CN(C1CCCCC1)S(=O)(=O)NCCc1c[nH]c2ccccc12. The molecule has 1 aliphatic carbocycles. The van der Waals surface area contributed by atoms with Gasteiger partial charge in [0.1, 0.15) is 0 Å². The Bertz CT molecular complexity index is 748. The number of nitrogens with zero attached hydrogens (tertiary/aromatic N) is 1. The molecular weight excluding hydrogens is 310 g/mol. The van der Waals surface area contributed by atoms with Crippen molar-refractivity contribution >= 4 is 21.1 Å². The van der Waals surface area contributed by atoms with E-state index >= 15 is 0 Å². The molecule has 126 valence electrons. The number of fused-ring (bicyclic) bond motifs is 1. The number of aromatic amines is 1. The van der Waals surface area contributed by atoms with E-state index in [1.165, 1.54) is 10.7 Å². The molecule has 2 N–H and O–H groups in total. The molecule has 5 nitrogen and oxygen atoms in total. The van der Waals surface area contributed by atoms with Gasteiger partial charge in [0, 0.05) is 36.7 Å². The molecular formula is C17H25N3O2S. The third kappa shape index (κ3) is 3.76. The van der Waals surface area contributed by atoms with E-state index in [4.69, 9.17) is 0 Å². The Morgan fingerprint density at radius 1 is 1.22 bits per heavy atom. The van der Waals surface area contributed by atoms with Gasteiger partial charge in [0.05, 0.1) is 0 Å². The Hall–Kier alpha value is -1.37. The van der Waals surface area contributed by atoms with Crippen LogP contribution in [0.5, 0.6) is 0 Å². The van der Waals surface area contributed by atoms with E-state index in [1.807, 2.05) is 24.4 Å². The van der Waals surface area contributed by atoms with Gasteiger partial charge in [-0.15, -0.1) is 0 Å². The molecule has 3 rings (SSSR count). The fraction of sp³-hybridized carbons (Fsp3) is 0.529. The summed E-state index contributed by atoms with van der Waals surface area (Å²) >= 11 is 0. The summed E-state index contributed by atoms with van der Waals surface area (Å²) in [6.45, 7) is 0.418. The lowest BCUT2D eigenvalue weighted by atomic mass is 9.96. The van der Waals surface area contributed by atoms with E-state index in [1.54, 1.807) is 7.05 Å². The maximum absolute atomic E-state index is 12.4. The van der Waals surface area contributed by atoms with E-state index in [0.29, 0.717) is 13.0 Å². The zero-order valence-corrected chi connectivity index (χ0v) is 14.4. The van der Waals surface area contributed by atoms with Crippen LogP contribution >= 0.6 is 0 Å². The minimum atomic E-state index is -3.39. The van der Waals surface area contributed by atoms with Crippen molar-refractivity contribution in [3.63, 3.8) is 0 Å². The molecule has 1 aromatic carbocycles. The van der Waals surface area contributed by atoms with Crippen molar-refractivity contribution in [1.29, 1.82) is 0 Å². The van der Waals surface area contributed by atoms with Gasteiger partial charge in [-0.2, -0.15) is 12.7 Å². The Morgan fingerprint density at radius 2 is 1.96 bits per heavy atom. The van der Waals surface area contributed by atoms with E-state index in [0.717, 1.165) is 42.1 Å². The fourth-order valence-electron chi connectivity index (χ4n) is 3.40. The molecule has 2 aromatic rings. The Morgan fingerprint density at radius 3 is 2.74 bits per heavy atom. The van der Waals surface area contributed by atoms with Crippen LogP contribution in [0.3, 0.4) is 0 Å². The first-order chi connectivity index (χ1) is 11.1. The number of rotatable bonds is 6. The second-order valence-corrected chi connectivity index (χ2v) is 8.13. The minimum absolute atomic E-state index is 0.148. The third-order valence-electron chi connectivity index (χ3n) is 4.82. The average Bonchev–Trinajstić information content (AvgIpc) is 2.98. The fourth-order valence-corrected chi connectivity index (χ4v) is 4.56. The topological polar surface area (TPSA) is 65.2 Å². The molecule has 0 amide bonds. The van der Waals surface area contributed by atoms with E-state index in [2.05, 4.69) is 15.8 Å². The minimum Gasteiger partial charge on any atom is -0.361 e. The molecule has 0 bridgehead atoms. The molecule has 0 spiro atoms. The maximum Gasteiger partial charge on any atom is 0.279 e. The zero-order valence-electron chi connectivity index (χ0n) is 13.6. The highest BCUT2D eigenvalue weighted by molar-refractivity contribution is 7.87. The summed E-state index contributed by atoms with van der Waals surface area (Å²) < 4.78 is 29.1. The Labute approximate surface area is 138 Å². The number of hydrogen-bond donors (Lipinski definition) is 2. The van der Waals surface area contributed by atoms with Gasteiger partial charge in [-0.3, -0.25) is 0 Å². The van der Waals surface area contributed by atoms with Crippen molar-refractivity contribution in [1.82, 2.24) is 14.0 Å². The van der Waals surface area contributed by atoms with Crippen LogP contribution in [0.1, 0.15) is 37.7 Å². The molecule has 6 heteroatoms. The third-order valence-corrected chi connectivity index (χ3v) is 6.45. The number of H-pyrrole nitrogens is 1. The second kappa shape index (κ2) is 7.03. The van der Waals surface area contributed by atoms with Gasteiger partial charge < -0.3 is 4.98 Å². The lowest BCUT2D eigenvalue weighted by molar-refractivity contribution is 0.283. The van der Waals surface area contributed by atoms with Gasteiger partial charge >= 0.3 is 0 Å². The highest BCUT2D eigenvalue weighted by Crippen LogP contribution is 2.23. The first-order valence-corrected chi connectivity index (χ1v) is 9.79. The van der Waals surface area contributed by atoms with Crippen LogP contribution in [0.4, 0.5) is 0 Å². The van der Waals surface area contributed by atoms with Gasteiger partial charge in [0.2, 0.25) is 0 Å². The molecule has 1 heterocycles. The maximum atomic E-state index is 12.4. The normalized spacial score (nSPS) is 17.1. The predicted octanol–water partition coefficient (Wildman–Crippen LogP) is 2.81. The first-order valence-electron chi connectivity index (χ1n) is 8.35. The van der Waals surface area contributed by atoms with Crippen LogP contribution in [0.15, 0.2) is 30.5 Å². The van der Waals surface area contributed by atoms with Gasteiger partial charge in [-0.25, -0.2) is 4.72 Å². The standard InChI is InChI=1S/C17H25N3O2S/c1-20(15-7-3-2-4-8-15)23(21,22)19-12-11-14-13-18-17-10-6-5-9-16(14)17/h5-6,9-10,13,15,18-19H,2-4,7-8,11-12H2,1H3. The monoisotopic (exact) mass is 335 g/mol. The molecule has 0 aliphatic heterocycles. The molecule has 0 saturated heterocycles. The number of hydrogen-bond acceptors (Lipinski definition) is 2. The van der Waals surface area contributed by atoms with E-state index < -0.39 is 10.2 Å². The van der Waals surface area contributed by atoms with E-state index in [9.17, 15) is 8.42 Å². The quantitative estimate of drug-likeness (QED) is 0.852. The predicted molar refractivity (Wildman–Crippen MR) is 93.6 cm³/mol. The van der Waals surface area contributed by atoms with Gasteiger partial charge in [-0.05, 0) is 30.9 Å². The van der Waals surface area contributed by atoms with Gasteiger partial charge in [-0.1, -0.05) is 37.5 Å². The summed E-state index contributed by atoms with van der Waals surface area (Å²) in [5.41, 5.74) is 2.23. The summed E-state index contributed by atoms with van der Waals surface area (Å²) in [5.74, 6) is 0. The summed E-state index contributed by atoms with van der Waals surface area (Å²) in [5, 5.41) is 1.16. The van der Waals surface area contributed by atoms with E-state index in [-0.39, 0.29) is 6.04 Å². The highest BCUT2D eigenvalue weighted by Gasteiger charge is 2.27. The summed E-state index contributed by atoms with van der Waals surface area (Å²) in [6.07, 6.45) is 8.06. The molecule has 0 atom stereocenters. The molecule has 23 heavy (non-hydrogen) atoms. The lowest BCUT2D eigenvalue weighted by Crippen LogP contribution is -2.45. The molecule has 0 radical (unpaired) electrons. The highest BCUT2D eigenvalue weighted by atomic mass is 32.2. The van der Waals surface area contributed by atoms with Crippen LogP contribution in [-0.4, -0.2) is 37.3 Å². The number of benzene rings is 1. The van der Waals surface area contributed by atoms with Crippen LogP contribution in [0.2, 0.25) is 0 Å². The van der Waals surface area contributed by atoms with Crippen molar-refractivity contribution in [2.45, 2.75) is 44.6 Å².